The first-order valence-electron chi connectivity index (χ1n) is 8.04. The Hall–Kier alpha value is -1.68. The Labute approximate surface area is 160 Å². The van der Waals surface area contributed by atoms with Crippen molar-refractivity contribution in [3.8, 4) is 0 Å². The number of hydrogen-bond donors (Lipinski definition) is 2. The van der Waals surface area contributed by atoms with Crippen LogP contribution in [0.2, 0.25) is 0 Å². The van der Waals surface area contributed by atoms with Crippen molar-refractivity contribution in [3.05, 3.63) is 27.3 Å². The smallest absolute Gasteiger partial charge is 0.337 e. The molecule has 25 heavy (non-hydrogen) atoms. The van der Waals surface area contributed by atoms with E-state index in [1.165, 1.54) is 6.07 Å². The summed E-state index contributed by atoms with van der Waals surface area (Å²) >= 11 is 2.02. The molecule has 2 amide bonds. The van der Waals surface area contributed by atoms with Crippen molar-refractivity contribution in [1.82, 2.24) is 9.80 Å². The molecule has 1 aliphatic rings. The van der Waals surface area contributed by atoms with Crippen molar-refractivity contribution >= 4 is 46.1 Å². The summed E-state index contributed by atoms with van der Waals surface area (Å²) in [6.07, 6.45) is 1.02. The van der Waals surface area contributed by atoms with Crippen LogP contribution < -0.4 is 5.32 Å². The summed E-state index contributed by atoms with van der Waals surface area (Å²) in [6, 6.07) is 4.82. The molecule has 0 radical (unpaired) electrons. The first kappa shape index (κ1) is 19.6. The van der Waals surface area contributed by atoms with Crippen LogP contribution in [-0.2, 0) is 9.59 Å². The average Bonchev–Trinajstić information content (AvgIpc) is 2.90. The second-order valence-corrected chi connectivity index (χ2v) is 7.63. The van der Waals surface area contributed by atoms with Crippen molar-refractivity contribution in [3.63, 3.8) is 0 Å². The van der Waals surface area contributed by atoms with E-state index < -0.39 is 11.9 Å². The van der Waals surface area contributed by atoms with Gasteiger partial charge in [-0.25, -0.2) is 4.79 Å². The van der Waals surface area contributed by atoms with Crippen LogP contribution in [0.1, 0.15) is 23.2 Å². The third-order valence-corrected chi connectivity index (χ3v) is 4.76. The lowest BCUT2D eigenvalue weighted by Crippen LogP contribution is -2.30. The lowest BCUT2D eigenvalue weighted by Gasteiger charge is -2.18. The minimum atomic E-state index is -1.10. The summed E-state index contributed by atoms with van der Waals surface area (Å²) in [5.74, 6) is -1.89. The van der Waals surface area contributed by atoms with Crippen LogP contribution in [0, 0.1) is 9.49 Å². The highest BCUT2D eigenvalue weighted by Gasteiger charge is 2.34. The highest BCUT2D eigenvalue weighted by Crippen LogP contribution is 2.23. The summed E-state index contributed by atoms with van der Waals surface area (Å²) in [6.45, 7) is 1.89. The quantitative estimate of drug-likeness (QED) is 0.607. The number of carbonyl (C=O) groups excluding carboxylic acids is 2. The first-order chi connectivity index (χ1) is 11.8. The molecule has 0 aromatic heterocycles. The zero-order valence-corrected chi connectivity index (χ0v) is 16.4. The van der Waals surface area contributed by atoms with E-state index in [2.05, 4.69) is 10.2 Å². The van der Waals surface area contributed by atoms with Gasteiger partial charge in [0.1, 0.15) is 0 Å². The van der Waals surface area contributed by atoms with Crippen molar-refractivity contribution in [2.75, 3.05) is 39.0 Å². The minimum Gasteiger partial charge on any atom is -0.478 e. The number of halogens is 1. The van der Waals surface area contributed by atoms with E-state index >= 15 is 0 Å². The number of likely N-dealkylation sites (tertiary alicyclic amines) is 1. The van der Waals surface area contributed by atoms with Gasteiger partial charge in [-0.1, -0.05) is 0 Å². The Balaban J connectivity index is 1.98. The van der Waals surface area contributed by atoms with Gasteiger partial charge in [0, 0.05) is 23.1 Å². The Kier molecular flexibility index (Phi) is 6.77. The highest BCUT2D eigenvalue weighted by molar-refractivity contribution is 14.1. The number of carbonyl (C=O) groups is 3. The summed E-state index contributed by atoms with van der Waals surface area (Å²) in [5.41, 5.74) is 0.309. The van der Waals surface area contributed by atoms with E-state index in [9.17, 15) is 19.5 Å². The maximum Gasteiger partial charge on any atom is 0.337 e. The van der Waals surface area contributed by atoms with Crippen LogP contribution in [0.5, 0.6) is 0 Å². The molecule has 1 heterocycles. The van der Waals surface area contributed by atoms with Crippen molar-refractivity contribution in [1.29, 1.82) is 0 Å². The number of carboxylic acid groups (broad SMARTS) is 1. The third-order valence-electron chi connectivity index (χ3n) is 4.09. The fourth-order valence-electron chi connectivity index (χ4n) is 2.78. The second kappa shape index (κ2) is 8.61. The van der Waals surface area contributed by atoms with Gasteiger partial charge in [-0.05, 0) is 67.9 Å². The van der Waals surface area contributed by atoms with Crippen LogP contribution >= 0.6 is 22.6 Å². The molecule has 1 fully saturated rings. The van der Waals surface area contributed by atoms with Crippen molar-refractivity contribution in [2.24, 2.45) is 5.92 Å². The third kappa shape index (κ3) is 5.40. The van der Waals surface area contributed by atoms with Gasteiger partial charge in [-0.2, -0.15) is 0 Å². The largest absolute Gasteiger partial charge is 0.478 e. The molecule has 2 rings (SSSR count). The van der Waals surface area contributed by atoms with Crippen LogP contribution in [0.25, 0.3) is 0 Å². The van der Waals surface area contributed by atoms with E-state index in [1.807, 2.05) is 36.7 Å². The van der Waals surface area contributed by atoms with Gasteiger partial charge in [0.2, 0.25) is 11.8 Å². The monoisotopic (exact) mass is 459 g/mol. The molecule has 1 aromatic rings. The summed E-state index contributed by atoms with van der Waals surface area (Å²) in [5, 5.41) is 11.9. The van der Waals surface area contributed by atoms with Crippen LogP contribution in [0.3, 0.4) is 0 Å². The predicted molar refractivity (Wildman–Crippen MR) is 103 cm³/mol. The molecule has 0 saturated carbocycles. The van der Waals surface area contributed by atoms with Gasteiger partial charge >= 0.3 is 5.97 Å². The predicted octanol–water partition coefficient (Wildman–Crippen LogP) is 1.73. The zero-order valence-electron chi connectivity index (χ0n) is 14.3. The van der Waals surface area contributed by atoms with Gasteiger partial charge in [0.05, 0.1) is 17.2 Å². The molecular weight excluding hydrogens is 437 g/mol. The number of anilines is 1. The number of amides is 2. The minimum absolute atomic E-state index is 0.0278. The molecule has 7 nitrogen and oxygen atoms in total. The molecule has 1 atom stereocenters. The molecule has 8 heteroatoms. The van der Waals surface area contributed by atoms with E-state index in [0.717, 1.165) is 16.5 Å². The topological polar surface area (TPSA) is 89.9 Å². The SMILES string of the molecule is CN(C)CCCN1CC(C(=O)Nc2ccc(I)cc2C(=O)O)CC1=O. The fraction of sp³-hybridized carbons (Fsp3) is 0.471. The summed E-state index contributed by atoms with van der Waals surface area (Å²) < 4.78 is 0.774. The van der Waals surface area contributed by atoms with Gasteiger partial charge < -0.3 is 20.2 Å². The number of carboxylic acids is 1. The lowest BCUT2D eigenvalue weighted by atomic mass is 10.1. The molecule has 1 aromatic carbocycles. The van der Waals surface area contributed by atoms with Gasteiger partial charge in [0.25, 0.3) is 0 Å². The average molecular weight is 459 g/mol. The Morgan fingerprint density at radius 3 is 2.76 bits per heavy atom. The molecule has 1 saturated heterocycles. The molecule has 0 aliphatic carbocycles. The van der Waals surface area contributed by atoms with Crippen molar-refractivity contribution < 1.29 is 19.5 Å². The maximum atomic E-state index is 12.5. The number of nitrogens with zero attached hydrogens (tertiary/aromatic N) is 2. The van der Waals surface area contributed by atoms with E-state index in [1.54, 1.807) is 17.0 Å². The number of rotatable bonds is 7. The molecular formula is C17H22IN3O4. The van der Waals surface area contributed by atoms with Crippen LogP contribution in [0.4, 0.5) is 5.69 Å². The number of nitrogens with one attached hydrogen (secondary N) is 1. The zero-order chi connectivity index (χ0) is 18.6. The van der Waals surface area contributed by atoms with Crippen molar-refractivity contribution in [2.45, 2.75) is 12.8 Å². The van der Waals surface area contributed by atoms with Gasteiger partial charge in [-0.15, -0.1) is 0 Å². The molecule has 2 N–H and O–H groups in total. The van der Waals surface area contributed by atoms with Crippen LogP contribution in [0.15, 0.2) is 18.2 Å². The standard InChI is InChI=1S/C17H22IN3O4/c1-20(2)6-3-7-21-10-11(8-15(21)22)16(23)19-14-5-4-12(18)9-13(14)17(24)25/h4-5,9,11H,3,6-8,10H2,1-2H3,(H,19,23)(H,24,25). The molecule has 136 valence electrons. The Morgan fingerprint density at radius 1 is 1.40 bits per heavy atom. The van der Waals surface area contributed by atoms with Gasteiger partial charge in [-0.3, -0.25) is 9.59 Å². The number of aromatic carboxylic acids is 1. The second-order valence-electron chi connectivity index (χ2n) is 6.38. The number of benzene rings is 1. The molecule has 0 bridgehead atoms. The number of hydrogen-bond acceptors (Lipinski definition) is 4. The lowest BCUT2D eigenvalue weighted by molar-refractivity contribution is -0.128. The van der Waals surface area contributed by atoms with E-state index in [4.69, 9.17) is 0 Å². The van der Waals surface area contributed by atoms with E-state index in [0.29, 0.717) is 13.1 Å². The maximum absolute atomic E-state index is 12.5. The summed E-state index contributed by atoms with van der Waals surface area (Å²) in [4.78, 5) is 39.6. The highest BCUT2D eigenvalue weighted by atomic mass is 127. The van der Waals surface area contributed by atoms with Gasteiger partial charge in [0.15, 0.2) is 0 Å². The fourth-order valence-corrected chi connectivity index (χ4v) is 3.27. The molecule has 0 spiro atoms. The molecule has 1 aliphatic heterocycles. The Morgan fingerprint density at radius 2 is 2.12 bits per heavy atom. The first-order valence-corrected chi connectivity index (χ1v) is 9.12. The summed E-state index contributed by atoms with van der Waals surface area (Å²) in [7, 11) is 3.95. The normalized spacial score (nSPS) is 17.2. The Bertz CT molecular complexity index is 678. The van der Waals surface area contributed by atoms with E-state index in [-0.39, 0.29) is 29.5 Å². The molecule has 1 unspecified atom stereocenters. The van der Waals surface area contributed by atoms with Crippen LogP contribution in [-0.4, -0.2) is 66.4 Å².